The Morgan fingerprint density at radius 1 is 1.00 bits per heavy atom. The standard InChI is InChI=1S/C14H14ClN/c15-13-8-4-7-12(10-13)14(16)9-11-5-2-1-3-6-11/h1-8,10,14H,9,16H2/t14-/m0/s1. The van der Waals surface area contributed by atoms with Crippen molar-refractivity contribution in [3.63, 3.8) is 0 Å². The molecular weight excluding hydrogens is 218 g/mol. The average molecular weight is 232 g/mol. The lowest BCUT2D eigenvalue weighted by Gasteiger charge is -2.12. The van der Waals surface area contributed by atoms with Crippen molar-refractivity contribution in [2.75, 3.05) is 0 Å². The van der Waals surface area contributed by atoms with Gasteiger partial charge in [-0.3, -0.25) is 0 Å². The largest absolute Gasteiger partial charge is 0.324 e. The van der Waals surface area contributed by atoms with Crippen LogP contribution in [0.2, 0.25) is 5.02 Å². The second kappa shape index (κ2) is 5.15. The molecule has 0 aliphatic rings. The van der Waals surface area contributed by atoms with Crippen LogP contribution >= 0.6 is 11.6 Å². The molecule has 16 heavy (non-hydrogen) atoms. The number of benzene rings is 2. The van der Waals surface area contributed by atoms with Crippen molar-refractivity contribution in [3.05, 3.63) is 70.7 Å². The summed E-state index contributed by atoms with van der Waals surface area (Å²) in [5.74, 6) is 0. The molecule has 0 heterocycles. The molecule has 2 heteroatoms. The van der Waals surface area contributed by atoms with Crippen LogP contribution in [0.5, 0.6) is 0 Å². The summed E-state index contributed by atoms with van der Waals surface area (Å²) in [7, 11) is 0. The molecule has 0 fully saturated rings. The van der Waals surface area contributed by atoms with Crippen LogP contribution in [0.3, 0.4) is 0 Å². The van der Waals surface area contributed by atoms with Crippen molar-refractivity contribution in [2.24, 2.45) is 5.73 Å². The molecule has 2 N–H and O–H groups in total. The fourth-order valence-corrected chi connectivity index (χ4v) is 1.92. The van der Waals surface area contributed by atoms with Crippen molar-refractivity contribution >= 4 is 11.6 Å². The topological polar surface area (TPSA) is 26.0 Å². The lowest BCUT2D eigenvalue weighted by molar-refractivity contribution is 0.722. The molecule has 1 atom stereocenters. The SMILES string of the molecule is N[C@@H](Cc1ccccc1)c1cccc(Cl)c1. The molecule has 0 radical (unpaired) electrons. The molecule has 0 saturated heterocycles. The first-order chi connectivity index (χ1) is 7.75. The van der Waals surface area contributed by atoms with E-state index in [1.165, 1.54) is 5.56 Å². The van der Waals surface area contributed by atoms with Crippen LogP contribution in [0.1, 0.15) is 17.2 Å². The fourth-order valence-electron chi connectivity index (χ4n) is 1.72. The maximum Gasteiger partial charge on any atom is 0.0409 e. The van der Waals surface area contributed by atoms with E-state index in [4.69, 9.17) is 17.3 Å². The zero-order valence-electron chi connectivity index (χ0n) is 8.94. The summed E-state index contributed by atoms with van der Waals surface area (Å²) >= 11 is 5.94. The summed E-state index contributed by atoms with van der Waals surface area (Å²) in [5, 5.41) is 0.737. The molecule has 0 spiro atoms. The second-order valence-corrected chi connectivity index (χ2v) is 4.29. The van der Waals surface area contributed by atoms with E-state index >= 15 is 0 Å². The number of nitrogens with two attached hydrogens (primary N) is 1. The van der Waals surface area contributed by atoms with Gasteiger partial charge in [-0.2, -0.15) is 0 Å². The highest BCUT2D eigenvalue weighted by Crippen LogP contribution is 2.19. The zero-order chi connectivity index (χ0) is 11.4. The number of rotatable bonds is 3. The maximum absolute atomic E-state index is 6.14. The van der Waals surface area contributed by atoms with Gasteiger partial charge in [0.25, 0.3) is 0 Å². The zero-order valence-corrected chi connectivity index (χ0v) is 9.69. The van der Waals surface area contributed by atoms with Crippen LogP contribution in [0, 0.1) is 0 Å². The van der Waals surface area contributed by atoms with Crippen LogP contribution < -0.4 is 5.73 Å². The Bertz CT molecular complexity index is 453. The number of hydrogen-bond donors (Lipinski definition) is 1. The van der Waals surface area contributed by atoms with Gasteiger partial charge in [-0.05, 0) is 29.7 Å². The summed E-state index contributed by atoms with van der Waals surface area (Å²) in [4.78, 5) is 0. The van der Waals surface area contributed by atoms with Crippen molar-refractivity contribution in [2.45, 2.75) is 12.5 Å². The first-order valence-corrected chi connectivity index (χ1v) is 5.68. The Balaban J connectivity index is 2.12. The molecule has 0 amide bonds. The molecule has 2 rings (SSSR count). The quantitative estimate of drug-likeness (QED) is 0.859. The normalized spacial score (nSPS) is 12.4. The van der Waals surface area contributed by atoms with E-state index in [0.29, 0.717) is 0 Å². The highest BCUT2D eigenvalue weighted by molar-refractivity contribution is 6.30. The van der Waals surface area contributed by atoms with Gasteiger partial charge in [-0.15, -0.1) is 0 Å². The monoisotopic (exact) mass is 231 g/mol. The van der Waals surface area contributed by atoms with E-state index in [0.717, 1.165) is 17.0 Å². The highest BCUT2D eigenvalue weighted by atomic mass is 35.5. The highest BCUT2D eigenvalue weighted by Gasteiger charge is 2.06. The molecule has 2 aromatic rings. The van der Waals surface area contributed by atoms with Crippen molar-refractivity contribution in [3.8, 4) is 0 Å². The number of halogens is 1. The molecule has 0 unspecified atom stereocenters. The lowest BCUT2D eigenvalue weighted by Crippen LogP contribution is -2.13. The molecule has 2 aromatic carbocycles. The van der Waals surface area contributed by atoms with Crippen LogP contribution in [0.25, 0.3) is 0 Å². The Morgan fingerprint density at radius 3 is 2.44 bits per heavy atom. The van der Waals surface area contributed by atoms with E-state index in [2.05, 4.69) is 12.1 Å². The van der Waals surface area contributed by atoms with Crippen molar-refractivity contribution in [1.29, 1.82) is 0 Å². The summed E-state index contributed by atoms with van der Waals surface area (Å²) in [6.07, 6.45) is 0.835. The van der Waals surface area contributed by atoms with Gasteiger partial charge in [0.15, 0.2) is 0 Å². The molecule has 0 saturated carbocycles. The first kappa shape index (κ1) is 11.2. The third kappa shape index (κ3) is 2.84. The van der Waals surface area contributed by atoms with Gasteiger partial charge in [-0.25, -0.2) is 0 Å². The van der Waals surface area contributed by atoms with Gasteiger partial charge in [0.2, 0.25) is 0 Å². The molecule has 82 valence electrons. The minimum atomic E-state index is 0.00102. The summed E-state index contributed by atoms with van der Waals surface area (Å²) in [6.45, 7) is 0. The minimum Gasteiger partial charge on any atom is -0.324 e. The van der Waals surface area contributed by atoms with Gasteiger partial charge < -0.3 is 5.73 Å². The molecule has 0 aliphatic heterocycles. The predicted octanol–water partition coefficient (Wildman–Crippen LogP) is 3.58. The Labute approximate surface area is 101 Å². The van der Waals surface area contributed by atoms with E-state index in [9.17, 15) is 0 Å². The van der Waals surface area contributed by atoms with E-state index in [1.807, 2.05) is 42.5 Å². The summed E-state index contributed by atoms with van der Waals surface area (Å²) < 4.78 is 0. The smallest absolute Gasteiger partial charge is 0.0409 e. The van der Waals surface area contributed by atoms with Crippen molar-refractivity contribution < 1.29 is 0 Å². The Morgan fingerprint density at radius 2 is 1.75 bits per heavy atom. The van der Waals surface area contributed by atoms with E-state index in [-0.39, 0.29) is 6.04 Å². The van der Waals surface area contributed by atoms with Gasteiger partial charge in [0, 0.05) is 11.1 Å². The van der Waals surface area contributed by atoms with Crippen LogP contribution in [0.4, 0.5) is 0 Å². The first-order valence-electron chi connectivity index (χ1n) is 5.30. The van der Waals surface area contributed by atoms with Gasteiger partial charge >= 0.3 is 0 Å². The molecular formula is C14H14ClN. The predicted molar refractivity (Wildman–Crippen MR) is 68.5 cm³/mol. The van der Waals surface area contributed by atoms with E-state index in [1.54, 1.807) is 0 Å². The Kier molecular flexibility index (Phi) is 3.60. The van der Waals surface area contributed by atoms with E-state index < -0.39 is 0 Å². The molecule has 0 aromatic heterocycles. The minimum absolute atomic E-state index is 0.00102. The average Bonchev–Trinajstić information content (AvgIpc) is 2.30. The number of hydrogen-bond acceptors (Lipinski definition) is 1. The van der Waals surface area contributed by atoms with Crippen LogP contribution in [0.15, 0.2) is 54.6 Å². The molecule has 0 bridgehead atoms. The Hall–Kier alpha value is -1.31. The van der Waals surface area contributed by atoms with Crippen molar-refractivity contribution in [1.82, 2.24) is 0 Å². The van der Waals surface area contributed by atoms with Gasteiger partial charge in [-0.1, -0.05) is 54.1 Å². The third-order valence-corrected chi connectivity index (χ3v) is 2.81. The van der Waals surface area contributed by atoms with Gasteiger partial charge in [0.05, 0.1) is 0 Å². The lowest BCUT2D eigenvalue weighted by atomic mass is 10.00. The summed E-state index contributed by atoms with van der Waals surface area (Å²) in [6, 6.07) is 18.0. The fraction of sp³-hybridized carbons (Fsp3) is 0.143. The van der Waals surface area contributed by atoms with Gasteiger partial charge in [0.1, 0.15) is 0 Å². The van der Waals surface area contributed by atoms with Crippen LogP contribution in [-0.4, -0.2) is 0 Å². The summed E-state index contributed by atoms with van der Waals surface area (Å²) in [5.41, 5.74) is 8.46. The second-order valence-electron chi connectivity index (χ2n) is 3.85. The van der Waals surface area contributed by atoms with Crippen LogP contribution in [-0.2, 0) is 6.42 Å². The maximum atomic E-state index is 6.14. The molecule has 0 aliphatic carbocycles. The third-order valence-electron chi connectivity index (χ3n) is 2.58. The molecule has 1 nitrogen and oxygen atoms in total.